The minimum Gasteiger partial charge on any atom is -0.323 e. The third-order valence-electron chi connectivity index (χ3n) is 2.21. The molecular formula is C11H22N2O2S. The number of carbonyl (C=O) groups excluding carboxylic acids is 1. The largest absolute Gasteiger partial charge is 0.433 e. The van der Waals surface area contributed by atoms with Crippen LogP contribution < -0.4 is 5.32 Å². The molecule has 1 N–H and O–H groups in total. The van der Waals surface area contributed by atoms with Crippen LogP contribution in [-0.2, 0) is 4.84 Å². The van der Waals surface area contributed by atoms with Gasteiger partial charge in [0, 0.05) is 18.1 Å². The molecule has 1 unspecified atom stereocenters. The van der Waals surface area contributed by atoms with E-state index >= 15 is 0 Å². The molecule has 0 spiro atoms. The molecule has 0 saturated carbocycles. The number of nitrogens with zero attached hydrogens (tertiary/aromatic N) is 1. The minimum absolute atomic E-state index is 0.293. The van der Waals surface area contributed by atoms with E-state index in [2.05, 4.69) is 24.3 Å². The van der Waals surface area contributed by atoms with Crippen molar-refractivity contribution in [3.63, 3.8) is 0 Å². The van der Waals surface area contributed by atoms with E-state index in [0.29, 0.717) is 11.2 Å². The lowest BCUT2D eigenvalue weighted by Crippen LogP contribution is -2.20. The molecule has 1 atom stereocenters. The lowest BCUT2D eigenvalue weighted by atomic mass is 10.1. The number of hydrogen-bond acceptors (Lipinski definition) is 4. The summed E-state index contributed by atoms with van der Waals surface area (Å²) in [5.41, 5.74) is 0.911. The van der Waals surface area contributed by atoms with Crippen molar-refractivity contribution in [2.75, 3.05) is 12.8 Å². The Morgan fingerprint density at radius 3 is 2.50 bits per heavy atom. The molecule has 0 rings (SSSR count). The number of amides is 1. The van der Waals surface area contributed by atoms with Crippen molar-refractivity contribution in [3.05, 3.63) is 0 Å². The maximum Gasteiger partial charge on any atom is 0.433 e. The lowest BCUT2D eigenvalue weighted by molar-refractivity contribution is 0.152. The number of oxime groups is 1. The number of thioether (sulfide) groups is 1. The Kier molecular flexibility index (Phi) is 8.07. The van der Waals surface area contributed by atoms with Crippen LogP contribution in [0.25, 0.3) is 0 Å². The fourth-order valence-corrected chi connectivity index (χ4v) is 1.87. The van der Waals surface area contributed by atoms with Crippen molar-refractivity contribution in [1.82, 2.24) is 5.32 Å². The summed E-state index contributed by atoms with van der Waals surface area (Å²) in [5, 5.41) is 6.85. The van der Waals surface area contributed by atoms with Crippen LogP contribution >= 0.6 is 11.8 Å². The summed E-state index contributed by atoms with van der Waals surface area (Å²) in [6.07, 6.45) is 0.610. The highest BCUT2D eigenvalue weighted by Crippen LogP contribution is 2.16. The van der Waals surface area contributed by atoms with Gasteiger partial charge in [-0.2, -0.15) is 11.8 Å². The van der Waals surface area contributed by atoms with E-state index in [1.807, 2.05) is 25.6 Å². The van der Waals surface area contributed by atoms with E-state index in [1.165, 1.54) is 7.05 Å². The Bertz CT molecular complexity index is 242. The second kappa shape index (κ2) is 8.44. The van der Waals surface area contributed by atoms with Crippen molar-refractivity contribution in [2.45, 2.75) is 39.4 Å². The normalized spacial score (nSPS) is 13.8. The quantitative estimate of drug-likeness (QED) is 0.445. The highest BCUT2D eigenvalue weighted by molar-refractivity contribution is 8.00. The summed E-state index contributed by atoms with van der Waals surface area (Å²) in [4.78, 5) is 15.6. The van der Waals surface area contributed by atoms with Gasteiger partial charge >= 0.3 is 6.09 Å². The van der Waals surface area contributed by atoms with Gasteiger partial charge in [0.15, 0.2) is 0 Å². The van der Waals surface area contributed by atoms with Crippen molar-refractivity contribution < 1.29 is 9.63 Å². The van der Waals surface area contributed by atoms with E-state index < -0.39 is 6.09 Å². The second-order valence-corrected chi connectivity index (χ2v) is 5.32. The van der Waals surface area contributed by atoms with Crippen LogP contribution in [0.5, 0.6) is 0 Å². The average molecular weight is 246 g/mol. The fourth-order valence-electron chi connectivity index (χ4n) is 0.790. The number of hydrogen-bond donors (Lipinski definition) is 1. The van der Waals surface area contributed by atoms with Gasteiger partial charge in [0.2, 0.25) is 0 Å². The average Bonchev–Trinajstić information content (AvgIpc) is 2.27. The summed E-state index contributed by atoms with van der Waals surface area (Å²) in [5.74, 6) is 1.10. The van der Waals surface area contributed by atoms with Crippen LogP contribution in [0.2, 0.25) is 0 Å². The molecule has 0 aliphatic heterocycles. The zero-order valence-electron chi connectivity index (χ0n) is 10.7. The number of nitrogens with one attached hydrogen (secondary N) is 1. The Morgan fingerprint density at radius 1 is 1.44 bits per heavy atom. The first-order valence-corrected chi connectivity index (χ1v) is 6.63. The van der Waals surface area contributed by atoms with Crippen molar-refractivity contribution in [2.24, 2.45) is 11.1 Å². The highest BCUT2D eigenvalue weighted by atomic mass is 32.2. The molecule has 0 aromatic heterocycles. The second-order valence-electron chi connectivity index (χ2n) is 3.90. The first-order chi connectivity index (χ1) is 7.51. The van der Waals surface area contributed by atoms with Gasteiger partial charge in [0.25, 0.3) is 0 Å². The molecule has 94 valence electrons. The zero-order chi connectivity index (χ0) is 12.6. The molecule has 0 aromatic carbocycles. The molecule has 16 heavy (non-hydrogen) atoms. The zero-order valence-corrected chi connectivity index (χ0v) is 11.6. The summed E-state index contributed by atoms with van der Waals surface area (Å²) >= 11 is 1.83. The molecule has 0 radical (unpaired) electrons. The third kappa shape index (κ3) is 6.71. The van der Waals surface area contributed by atoms with Gasteiger partial charge in [-0.1, -0.05) is 32.9 Å². The Morgan fingerprint density at radius 2 is 2.06 bits per heavy atom. The SMILES string of the molecule is CCC(C)SCC(=NOC(=O)NC)C(C)C. The van der Waals surface area contributed by atoms with E-state index in [1.54, 1.807) is 0 Å². The Hall–Kier alpha value is -0.710. The van der Waals surface area contributed by atoms with Crippen LogP contribution in [0.1, 0.15) is 34.1 Å². The summed E-state index contributed by atoms with van der Waals surface area (Å²) in [7, 11) is 1.51. The number of carbonyl (C=O) groups is 1. The summed E-state index contributed by atoms with van der Waals surface area (Å²) < 4.78 is 0. The first-order valence-electron chi connectivity index (χ1n) is 5.58. The van der Waals surface area contributed by atoms with E-state index in [-0.39, 0.29) is 0 Å². The monoisotopic (exact) mass is 246 g/mol. The van der Waals surface area contributed by atoms with Crippen LogP contribution in [0.15, 0.2) is 5.16 Å². The summed E-state index contributed by atoms with van der Waals surface area (Å²) in [6, 6.07) is 0. The number of rotatable bonds is 6. The molecule has 0 bridgehead atoms. The predicted octanol–water partition coefficient (Wildman–Crippen LogP) is 2.89. The molecule has 0 fully saturated rings. The predicted molar refractivity (Wildman–Crippen MR) is 70.0 cm³/mol. The van der Waals surface area contributed by atoms with Crippen LogP contribution in [0.3, 0.4) is 0 Å². The van der Waals surface area contributed by atoms with Crippen molar-refractivity contribution in [3.8, 4) is 0 Å². The Labute approximate surface area is 102 Å². The molecule has 0 aliphatic rings. The molecule has 0 heterocycles. The molecule has 4 nitrogen and oxygen atoms in total. The smallest absolute Gasteiger partial charge is 0.323 e. The molecule has 5 heteroatoms. The minimum atomic E-state index is -0.522. The van der Waals surface area contributed by atoms with Gasteiger partial charge in [0.1, 0.15) is 0 Å². The Balaban J connectivity index is 4.21. The lowest BCUT2D eigenvalue weighted by Gasteiger charge is -2.12. The topological polar surface area (TPSA) is 50.7 Å². The highest BCUT2D eigenvalue weighted by Gasteiger charge is 2.10. The van der Waals surface area contributed by atoms with Gasteiger partial charge in [0.05, 0.1) is 5.71 Å². The van der Waals surface area contributed by atoms with Gasteiger partial charge in [-0.3, -0.25) is 4.84 Å². The van der Waals surface area contributed by atoms with E-state index in [9.17, 15) is 4.79 Å². The van der Waals surface area contributed by atoms with E-state index in [0.717, 1.165) is 17.9 Å². The molecule has 0 aliphatic carbocycles. The maximum atomic E-state index is 10.9. The third-order valence-corrected chi connectivity index (χ3v) is 3.57. The van der Waals surface area contributed by atoms with Crippen molar-refractivity contribution >= 4 is 23.6 Å². The van der Waals surface area contributed by atoms with Crippen LogP contribution in [-0.4, -0.2) is 29.9 Å². The first kappa shape index (κ1) is 15.3. The molecule has 1 amide bonds. The molecule has 0 aromatic rings. The van der Waals surface area contributed by atoms with Gasteiger partial charge in [-0.25, -0.2) is 4.79 Å². The summed E-state index contributed by atoms with van der Waals surface area (Å²) in [6.45, 7) is 8.43. The molecular weight excluding hydrogens is 224 g/mol. The van der Waals surface area contributed by atoms with E-state index in [4.69, 9.17) is 4.84 Å². The molecule has 0 saturated heterocycles. The van der Waals surface area contributed by atoms with Crippen molar-refractivity contribution in [1.29, 1.82) is 0 Å². The van der Waals surface area contributed by atoms with Gasteiger partial charge in [-0.05, 0) is 12.3 Å². The van der Waals surface area contributed by atoms with Crippen LogP contribution in [0.4, 0.5) is 4.79 Å². The van der Waals surface area contributed by atoms with Gasteiger partial charge in [-0.15, -0.1) is 0 Å². The maximum absolute atomic E-state index is 10.9. The van der Waals surface area contributed by atoms with Crippen LogP contribution in [0, 0.1) is 5.92 Å². The standard InChI is InChI=1S/C11H22N2O2S/c1-6-9(4)16-7-10(8(2)3)13-15-11(14)12-5/h8-9H,6-7H2,1-5H3,(H,12,14). The fraction of sp³-hybridized carbons (Fsp3) is 0.818. The van der Waals surface area contributed by atoms with Gasteiger partial charge < -0.3 is 5.32 Å².